The van der Waals surface area contributed by atoms with Crippen molar-refractivity contribution in [1.29, 1.82) is 0 Å². The van der Waals surface area contributed by atoms with Crippen molar-refractivity contribution in [1.82, 2.24) is 0 Å². The van der Waals surface area contributed by atoms with E-state index < -0.39 is 15.9 Å². The zero-order chi connectivity index (χ0) is 21.6. The van der Waals surface area contributed by atoms with Crippen LogP contribution < -0.4 is 14.4 Å². The largest absolute Gasteiger partial charge is 0.494 e. The summed E-state index contributed by atoms with van der Waals surface area (Å²) in [5, 5.41) is 2.74. The van der Waals surface area contributed by atoms with Crippen LogP contribution in [0.1, 0.15) is 12.5 Å². The van der Waals surface area contributed by atoms with E-state index in [0.29, 0.717) is 23.7 Å². The first kappa shape index (κ1) is 21.4. The molecule has 0 bridgehead atoms. The number of nitrogens with one attached hydrogen (secondary N) is 1. The number of amides is 1. The van der Waals surface area contributed by atoms with Crippen LogP contribution in [0.5, 0.6) is 5.75 Å². The molecule has 0 heterocycles. The van der Waals surface area contributed by atoms with Crippen LogP contribution in [0.2, 0.25) is 0 Å². The van der Waals surface area contributed by atoms with E-state index in [1.165, 1.54) is 12.1 Å². The van der Waals surface area contributed by atoms with Gasteiger partial charge < -0.3 is 10.1 Å². The molecule has 1 amide bonds. The molecular weight excluding hydrogens is 400 g/mol. The van der Waals surface area contributed by atoms with Crippen LogP contribution in [-0.2, 0) is 14.8 Å². The van der Waals surface area contributed by atoms with Crippen LogP contribution in [0.4, 0.5) is 11.4 Å². The van der Waals surface area contributed by atoms with E-state index in [-0.39, 0.29) is 11.4 Å². The summed E-state index contributed by atoms with van der Waals surface area (Å²) < 4.78 is 33.3. The van der Waals surface area contributed by atoms with Gasteiger partial charge >= 0.3 is 0 Å². The zero-order valence-electron chi connectivity index (χ0n) is 16.9. The molecule has 0 spiro atoms. The smallest absolute Gasteiger partial charge is 0.264 e. The molecule has 0 aliphatic heterocycles. The SMILES string of the molecule is CCOc1ccc(S(=O)(=O)N(CC(=O)Nc2ccccc2)c2ccc(C)cc2)cc1. The summed E-state index contributed by atoms with van der Waals surface area (Å²) >= 11 is 0. The van der Waals surface area contributed by atoms with Gasteiger partial charge in [-0.25, -0.2) is 8.42 Å². The Morgan fingerprint density at radius 2 is 1.57 bits per heavy atom. The molecule has 3 rings (SSSR count). The van der Waals surface area contributed by atoms with Crippen LogP contribution >= 0.6 is 0 Å². The summed E-state index contributed by atoms with van der Waals surface area (Å²) in [5.41, 5.74) is 2.01. The molecule has 0 saturated carbocycles. The molecule has 0 radical (unpaired) electrons. The van der Waals surface area contributed by atoms with E-state index in [1.807, 2.05) is 32.0 Å². The monoisotopic (exact) mass is 424 g/mol. The third-order valence-electron chi connectivity index (χ3n) is 4.39. The predicted molar refractivity (Wildman–Crippen MR) is 118 cm³/mol. The van der Waals surface area contributed by atoms with Crippen LogP contribution in [0, 0.1) is 6.92 Å². The lowest BCUT2D eigenvalue weighted by molar-refractivity contribution is -0.114. The van der Waals surface area contributed by atoms with Crippen molar-refractivity contribution in [3.8, 4) is 5.75 Å². The Kier molecular flexibility index (Phi) is 6.74. The Hall–Kier alpha value is -3.32. The Bertz CT molecular complexity index is 1080. The number of para-hydroxylation sites is 1. The van der Waals surface area contributed by atoms with E-state index in [9.17, 15) is 13.2 Å². The quantitative estimate of drug-likeness (QED) is 0.587. The Morgan fingerprint density at radius 1 is 0.933 bits per heavy atom. The molecule has 1 N–H and O–H groups in total. The van der Waals surface area contributed by atoms with Crippen LogP contribution in [0.15, 0.2) is 83.8 Å². The average Bonchev–Trinajstić information content (AvgIpc) is 2.74. The molecule has 0 aliphatic rings. The van der Waals surface area contributed by atoms with Gasteiger partial charge in [-0.05, 0) is 62.4 Å². The van der Waals surface area contributed by atoms with E-state index in [2.05, 4.69) is 5.32 Å². The number of carbonyl (C=O) groups is 1. The molecule has 0 saturated heterocycles. The fourth-order valence-electron chi connectivity index (χ4n) is 2.88. The van der Waals surface area contributed by atoms with Gasteiger partial charge in [-0.1, -0.05) is 35.9 Å². The van der Waals surface area contributed by atoms with Crippen molar-refractivity contribution >= 4 is 27.3 Å². The van der Waals surface area contributed by atoms with Crippen LogP contribution in [0.3, 0.4) is 0 Å². The lowest BCUT2D eigenvalue weighted by Crippen LogP contribution is -2.38. The van der Waals surface area contributed by atoms with Crippen molar-refractivity contribution in [2.45, 2.75) is 18.7 Å². The van der Waals surface area contributed by atoms with Gasteiger partial charge in [0.05, 0.1) is 17.2 Å². The van der Waals surface area contributed by atoms with Gasteiger partial charge in [-0.3, -0.25) is 9.10 Å². The molecule has 0 aliphatic carbocycles. The fourth-order valence-corrected chi connectivity index (χ4v) is 4.30. The number of carbonyl (C=O) groups excluding carboxylic acids is 1. The van der Waals surface area contributed by atoms with Gasteiger partial charge in [0.15, 0.2) is 0 Å². The van der Waals surface area contributed by atoms with Crippen molar-refractivity contribution < 1.29 is 17.9 Å². The number of ether oxygens (including phenoxy) is 1. The zero-order valence-corrected chi connectivity index (χ0v) is 17.7. The lowest BCUT2D eigenvalue weighted by atomic mass is 10.2. The summed E-state index contributed by atoms with van der Waals surface area (Å²) in [6.07, 6.45) is 0. The average molecular weight is 425 g/mol. The van der Waals surface area contributed by atoms with Gasteiger partial charge in [0.1, 0.15) is 12.3 Å². The number of hydrogen-bond acceptors (Lipinski definition) is 4. The van der Waals surface area contributed by atoms with E-state index in [1.54, 1.807) is 48.5 Å². The first-order valence-electron chi connectivity index (χ1n) is 9.57. The van der Waals surface area contributed by atoms with E-state index >= 15 is 0 Å². The number of sulfonamides is 1. The molecule has 3 aromatic carbocycles. The van der Waals surface area contributed by atoms with Gasteiger partial charge in [0.25, 0.3) is 10.0 Å². The number of rotatable bonds is 8. The number of aryl methyl sites for hydroxylation is 1. The van der Waals surface area contributed by atoms with Crippen molar-refractivity contribution in [2.75, 3.05) is 22.8 Å². The second-order valence-electron chi connectivity index (χ2n) is 6.67. The lowest BCUT2D eigenvalue weighted by Gasteiger charge is -2.24. The number of benzene rings is 3. The molecule has 7 heteroatoms. The Morgan fingerprint density at radius 3 is 2.17 bits per heavy atom. The minimum absolute atomic E-state index is 0.0824. The van der Waals surface area contributed by atoms with Crippen LogP contribution in [0.25, 0.3) is 0 Å². The molecule has 0 fully saturated rings. The molecular formula is C23H24N2O4S. The predicted octanol–water partition coefficient (Wildman–Crippen LogP) is 4.23. The second kappa shape index (κ2) is 9.45. The highest BCUT2D eigenvalue weighted by atomic mass is 32.2. The molecule has 0 atom stereocenters. The van der Waals surface area contributed by atoms with Crippen LogP contribution in [-0.4, -0.2) is 27.5 Å². The first-order chi connectivity index (χ1) is 14.4. The van der Waals surface area contributed by atoms with Gasteiger partial charge in [0.2, 0.25) is 5.91 Å². The highest BCUT2D eigenvalue weighted by Crippen LogP contribution is 2.25. The molecule has 6 nitrogen and oxygen atoms in total. The normalized spacial score (nSPS) is 11.0. The van der Waals surface area contributed by atoms with Crippen molar-refractivity contribution in [2.24, 2.45) is 0 Å². The number of hydrogen-bond donors (Lipinski definition) is 1. The van der Waals surface area contributed by atoms with Crippen molar-refractivity contribution in [3.05, 3.63) is 84.4 Å². The summed E-state index contributed by atoms with van der Waals surface area (Å²) in [6.45, 7) is 3.90. The maximum Gasteiger partial charge on any atom is 0.264 e. The number of nitrogens with zero attached hydrogens (tertiary/aromatic N) is 1. The highest BCUT2D eigenvalue weighted by molar-refractivity contribution is 7.92. The minimum atomic E-state index is -3.97. The summed E-state index contributed by atoms with van der Waals surface area (Å²) in [5.74, 6) is 0.149. The minimum Gasteiger partial charge on any atom is -0.494 e. The van der Waals surface area contributed by atoms with Gasteiger partial charge in [-0.15, -0.1) is 0 Å². The molecule has 30 heavy (non-hydrogen) atoms. The van der Waals surface area contributed by atoms with E-state index in [0.717, 1.165) is 9.87 Å². The summed E-state index contributed by atoms with van der Waals surface area (Å²) in [4.78, 5) is 12.7. The van der Waals surface area contributed by atoms with Gasteiger partial charge in [0, 0.05) is 5.69 Å². The summed E-state index contributed by atoms with van der Waals surface area (Å²) in [6, 6.07) is 22.1. The Balaban J connectivity index is 1.92. The highest BCUT2D eigenvalue weighted by Gasteiger charge is 2.27. The third kappa shape index (κ3) is 5.18. The third-order valence-corrected chi connectivity index (χ3v) is 6.18. The number of anilines is 2. The summed E-state index contributed by atoms with van der Waals surface area (Å²) in [7, 11) is -3.97. The molecule has 0 aromatic heterocycles. The second-order valence-corrected chi connectivity index (χ2v) is 8.53. The Labute approximate surface area is 177 Å². The first-order valence-corrected chi connectivity index (χ1v) is 11.0. The molecule has 0 unspecified atom stereocenters. The standard InChI is InChI=1S/C23H24N2O4S/c1-3-29-21-13-15-22(16-14-21)30(27,28)25(20-11-9-18(2)10-12-20)17-23(26)24-19-7-5-4-6-8-19/h4-16H,3,17H2,1-2H3,(H,24,26). The molecule has 156 valence electrons. The van der Waals surface area contributed by atoms with E-state index in [4.69, 9.17) is 4.74 Å². The topological polar surface area (TPSA) is 75.7 Å². The maximum atomic E-state index is 13.4. The maximum absolute atomic E-state index is 13.4. The van der Waals surface area contributed by atoms with Gasteiger partial charge in [-0.2, -0.15) is 0 Å². The fraction of sp³-hybridized carbons (Fsp3) is 0.174. The van der Waals surface area contributed by atoms with Crippen molar-refractivity contribution in [3.63, 3.8) is 0 Å². The molecule has 3 aromatic rings.